The molecular weight excluding hydrogens is 320 g/mol. The monoisotopic (exact) mass is 340 g/mol. The van der Waals surface area contributed by atoms with Gasteiger partial charge in [-0.1, -0.05) is 18.2 Å². The molecule has 0 radical (unpaired) electrons. The predicted octanol–water partition coefficient (Wildman–Crippen LogP) is 3.89. The summed E-state index contributed by atoms with van der Waals surface area (Å²) < 4.78 is 2.12. The molecule has 0 aliphatic rings. The largest absolute Gasteiger partial charge is 0.336 e. The average molecular weight is 340 g/mol. The van der Waals surface area contributed by atoms with Crippen molar-refractivity contribution in [1.82, 2.24) is 14.9 Å². The van der Waals surface area contributed by atoms with Gasteiger partial charge in [0.2, 0.25) is 0 Å². The van der Waals surface area contributed by atoms with Crippen molar-refractivity contribution in [3.8, 4) is 0 Å². The highest BCUT2D eigenvalue weighted by atomic mass is 32.2. The van der Waals surface area contributed by atoms with Gasteiger partial charge >= 0.3 is 6.03 Å². The smallest absolute Gasteiger partial charge is 0.319 e. The highest BCUT2D eigenvalue weighted by Gasteiger charge is 2.07. The first kappa shape index (κ1) is 16.4. The Morgan fingerprint density at radius 2 is 2.04 bits per heavy atom. The Labute approximate surface area is 145 Å². The van der Waals surface area contributed by atoms with Gasteiger partial charge < -0.3 is 15.2 Å². The van der Waals surface area contributed by atoms with Gasteiger partial charge in [0, 0.05) is 23.7 Å². The summed E-state index contributed by atoms with van der Waals surface area (Å²) in [5, 5.41) is 5.75. The fourth-order valence-corrected chi connectivity index (χ4v) is 3.10. The molecular formula is C18H20N4OS. The van der Waals surface area contributed by atoms with Gasteiger partial charge in [-0.05, 0) is 43.5 Å². The normalized spacial score (nSPS) is 10.8. The number of thioether (sulfide) groups is 1. The predicted molar refractivity (Wildman–Crippen MR) is 99.7 cm³/mol. The lowest BCUT2D eigenvalue weighted by atomic mass is 10.3. The first-order valence-corrected chi connectivity index (χ1v) is 9.00. The molecule has 0 atom stereocenters. The lowest BCUT2D eigenvalue weighted by Crippen LogP contribution is -2.31. The number of carbonyl (C=O) groups excluding carboxylic acids is 1. The zero-order valence-corrected chi connectivity index (χ0v) is 14.6. The summed E-state index contributed by atoms with van der Waals surface area (Å²) in [6.45, 7) is 3.20. The number of amides is 2. The third-order valence-electron chi connectivity index (χ3n) is 3.79. The number of imidazole rings is 1. The number of nitrogens with one attached hydrogen (secondary N) is 2. The molecule has 3 aromatic rings. The van der Waals surface area contributed by atoms with Crippen LogP contribution in [0.5, 0.6) is 0 Å². The van der Waals surface area contributed by atoms with Gasteiger partial charge in [-0.15, -0.1) is 11.8 Å². The third-order valence-corrected chi connectivity index (χ3v) is 4.52. The Hall–Kier alpha value is -2.47. The minimum absolute atomic E-state index is 0.199. The number of carbonyl (C=O) groups is 1. The molecule has 0 spiro atoms. The average Bonchev–Trinajstić information content (AvgIpc) is 2.91. The first-order chi connectivity index (χ1) is 11.7. The highest BCUT2D eigenvalue weighted by Crippen LogP contribution is 2.19. The van der Waals surface area contributed by atoms with E-state index in [1.165, 1.54) is 0 Å². The maximum atomic E-state index is 12.0. The highest BCUT2D eigenvalue weighted by molar-refractivity contribution is 7.98. The number of hydrogen-bond donors (Lipinski definition) is 2. The van der Waals surface area contributed by atoms with Crippen molar-refractivity contribution < 1.29 is 4.79 Å². The summed E-state index contributed by atoms with van der Waals surface area (Å²) in [5.74, 6) is 0.950. The quantitative estimate of drug-likeness (QED) is 0.693. The lowest BCUT2D eigenvalue weighted by molar-refractivity contribution is 0.251. The number of aromatic nitrogens is 2. The Balaban J connectivity index is 1.57. The summed E-state index contributed by atoms with van der Waals surface area (Å²) in [5.41, 5.74) is 2.86. The van der Waals surface area contributed by atoms with Crippen LogP contribution >= 0.6 is 11.8 Å². The number of benzene rings is 2. The van der Waals surface area contributed by atoms with Crippen molar-refractivity contribution in [2.45, 2.75) is 18.4 Å². The summed E-state index contributed by atoms with van der Waals surface area (Å²) >= 11 is 1.65. The van der Waals surface area contributed by atoms with Crippen molar-refractivity contribution in [3.63, 3.8) is 0 Å². The molecule has 0 aliphatic heterocycles. The Morgan fingerprint density at radius 1 is 1.21 bits per heavy atom. The number of anilines is 1. The number of rotatable bonds is 5. The maximum absolute atomic E-state index is 12.0. The van der Waals surface area contributed by atoms with Crippen LogP contribution in [0.15, 0.2) is 53.4 Å². The van der Waals surface area contributed by atoms with Crippen LogP contribution in [-0.4, -0.2) is 28.4 Å². The standard InChI is InChI=1S/C18H20N4OS/c1-13-20-16-8-3-4-9-17(16)22(13)11-10-19-18(23)21-14-6-5-7-15(12-14)24-2/h3-9,12H,10-11H2,1-2H3,(H2,19,21,23). The van der Waals surface area contributed by atoms with Crippen molar-refractivity contribution in [3.05, 3.63) is 54.4 Å². The number of fused-ring (bicyclic) bond motifs is 1. The molecule has 2 N–H and O–H groups in total. The minimum Gasteiger partial charge on any atom is -0.336 e. The van der Waals surface area contributed by atoms with Gasteiger partial charge in [-0.3, -0.25) is 0 Å². The lowest BCUT2D eigenvalue weighted by Gasteiger charge is -2.10. The van der Waals surface area contributed by atoms with Crippen LogP contribution in [0.25, 0.3) is 11.0 Å². The van der Waals surface area contributed by atoms with Crippen LogP contribution in [-0.2, 0) is 6.54 Å². The number of aryl methyl sites for hydroxylation is 1. The van der Waals surface area contributed by atoms with E-state index in [0.29, 0.717) is 13.1 Å². The molecule has 3 rings (SSSR count). The van der Waals surface area contributed by atoms with Gasteiger partial charge in [0.1, 0.15) is 5.82 Å². The number of para-hydroxylation sites is 2. The van der Waals surface area contributed by atoms with E-state index in [4.69, 9.17) is 0 Å². The third kappa shape index (κ3) is 3.71. The summed E-state index contributed by atoms with van der Waals surface area (Å²) in [4.78, 5) is 17.7. The van der Waals surface area contributed by atoms with E-state index in [1.54, 1.807) is 11.8 Å². The molecule has 6 heteroatoms. The molecule has 2 amide bonds. The Bertz CT molecular complexity index is 859. The van der Waals surface area contributed by atoms with Gasteiger partial charge in [0.05, 0.1) is 11.0 Å². The molecule has 0 fully saturated rings. The van der Waals surface area contributed by atoms with Crippen LogP contribution in [0.1, 0.15) is 5.82 Å². The second-order valence-electron chi connectivity index (χ2n) is 5.41. The van der Waals surface area contributed by atoms with Crippen molar-refractivity contribution in [1.29, 1.82) is 0 Å². The van der Waals surface area contributed by atoms with E-state index < -0.39 is 0 Å². The van der Waals surface area contributed by atoms with Crippen molar-refractivity contribution in [2.24, 2.45) is 0 Å². The van der Waals surface area contributed by atoms with E-state index in [0.717, 1.165) is 27.4 Å². The van der Waals surface area contributed by atoms with Gasteiger partial charge in [-0.2, -0.15) is 0 Å². The molecule has 1 heterocycles. The Morgan fingerprint density at radius 3 is 2.88 bits per heavy atom. The SMILES string of the molecule is CSc1cccc(NC(=O)NCCn2c(C)nc3ccccc32)c1. The van der Waals surface area contributed by atoms with E-state index >= 15 is 0 Å². The van der Waals surface area contributed by atoms with Crippen LogP contribution < -0.4 is 10.6 Å². The van der Waals surface area contributed by atoms with Gasteiger partial charge in [-0.25, -0.2) is 9.78 Å². The van der Waals surface area contributed by atoms with Gasteiger partial charge in [0.25, 0.3) is 0 Å². The summed E-state index contributed by atoms with van der Waals surface area (Å²) in [7, 11) is 0. The topological polar surface area (TPSA) is 59.0 Å². The molecule has 0 aliphatic carbocycles. The number of nitrogens with zero attached hydrogens (tertiary/aromatic N) is 2. The zero-order chi connectivity index (χ0) is 16.9. The molecule has 0 saturated carbocycles. The van der Waals surface area contributed by atoms with Crippen LogP contribution in [0.4, 0.5) is 10.5 Å². The van der Waals surface area contributed by atoms with Crippen LogP contribution in [0.2, 0.25) is 0 Å². The van der Waals surface area contributed by atoms with E-state index in [-0.39, 0.29) is 6.03 Å². The summed E-state index contributed by atoms with van der Waals surface area (Å²) in [6.07, 6.45) is 2.01. The first-order valence-electron chi connectivity index (χ1n) is 7.78. The second kappa shape index (κ2) is 7.40. The number of urea groups is 1. The molecule has 0 unspecified atom stereocenters. The van der Waals surface area contributed by atoms with Crippen LogP contribution in [0.3, 0.4) is 0 Å². The minimum atomic E-state index is -0.199. The van der Waals surface area contributed by atoms with E-state index in [1.807, 2.05) is 61.7 Å². The molecule has 5 nitrogen and oxygen atoms in total. The molecule has 124 valence electrons. The van der Waals surface area contributed by atoms with E-state index in [2.05, 4.69) is 20.2 Å². The molecule has 2 aromatic carbocycles. The number of hydrogen-bond acceptors (Lipinski definition) is 3. The van der Waals surface area contributed by atoms with Gasteiger partial charge in [0.15, 0.2) is 0 Å². The fourth-order valence-electron chi connectivity index (χ4n) is 2.64. The molecule has 24 heavy (non-hydrogen) atoms. The molecule has 0 bridgehead atoms. The second-order valence-corrected chi connectivity index (χ2v) is 6.29. The van der Waals surface area contributed by atoms with Crippen LogP contribution in [0, 0.1) is 6.92 Å². The maximum Gasteiger partial charge on any atom is 0.319 e. The van der Waals surface area contributed by atoms with E-state index in [9.17, 15) is 4.79 Å². The fraction of sp³-hybridized carbons (Fsp3) is 0.222. The zero-order valence-electron chi connectivity index (χ0n) is 13.7. The van der Waals surface area contributed by atoms with Crippen molar-refractivity contribution >= 4 is 34.5 Å². The summed E-state index contributed by atoms with van der Waals surface area (Å²) in [6, 6.07) is 15.6. The Kier molecular flexibility index (Phi) is 5.05. The molecule has 1 aromatic heterocycles. The van der Waals surface area contributed by atoms with Crippen molar-refractivity contribution in [2.75, 3.05) is 18.1 Å². The molecule has 0 saturated heterocycles.